The second kappa shape index (κ2) is 11.3. The van der Waals surface area contributed by atoms with Crippen LogP contribution in [0.25, 0.3) is 5.52 Å². The zero-order valence-electron chi connectivity index (χ0n) is 22.5. The molecule has 1 amide bonds. The van der Waals surface area contributed by atoms with Gasteiger partial charge in [0, 0.05) is 41.1 Å². The van der Waals surface area contributed by atoms with Crippen LogP contribution in [0.2, 0.25) is 0 Å². The van der Waals surface area contributed by atoms with Gasteiger partial charge in [0.05, 0.1) is 24.9 Å². The van der Waals surface area contributed by atoms with Crippen LogP contribution < -0.4 is 10.6 Å². The SMILES string of the molecule is Cc1cc(Nc2nc(Sc3ccc(NC(=O)CN4C[C@H](OC(C)(C)C)C[C@@H]4CO)cc3)nn3cccc23)n[nH]1. The molecule has 0 spiro atoms. The van der Waals surface area contributed by atoms with E-state index in [1.165, 1.54) is 11.8 Å². The molecular formula is C27H34N8O3S. The van der Waals surface area contributed by atoms with Crippen molar-refractivity contribution >= 4 is 40.5 Å². The van der Waals surface area contributed by atoms with Crippen LogP contribution in [0.5, 0.6) is 0 Å². The molecule has 4 aromatic rings. The summed E-state index contributed by atoms with van der Waals surface area (Å²) in [6.45, 7) is 8.80. The van der Waals surface area contributed by atoms with Crippen LogP contribution in [0.3, 0.4) is 0 Å². The summed E-state index contributed by atoms with van der Waals surface area (Å²) in [7, 11) is 0. The molecule has 0 aliphatic carbocycles. The van der Waals surface area contributed by atoms with E-state index in [1.807, 2.05) is 81.3 Å². The van der Waals surface area contributed by atoms with Crippen LogP contribution >= 0.6 is 11.8 Å². The highest BCUT2D eigenvalue weighted by atomic mass is 32.2. The Labute approximate surface area is 231 Å². The summed E-state index contributed by atoms with van der Waals surface area (Å²) in [4.78, 5) is 20.4. The van der Waals surface area contributed by atoms with E-state index in [0.717, 1.165) is 16.1 Å². The van der Waals surface area contributed by atoms with Gasteiger partial charge in [0.25, 0.3) is 0 Å². The molecule has 11 nitrogen and oxygen atoms in total. The molecule has 5 rings (SSSR count). The summed E-state index contributed by atoms with van der Waals surface area (Å²) < 4.78 is 7.85. The lowest BCUT2D eigenvalue weighted by Gasteiger charge is -2.25. The molecule has 4 N–H and O–H groups in total. The first kappa shape index (κ1) is 27.1. The van der Waals surface area contributed by atoms with E-state index >= 15 is 0 Å². The minimum atomic E-state index is -0.266. The van der Waals surface area contributed by atoms with E-state index in [4.69, 9.17) is 9.72 Å². The largest absolute Gasteiger partial charge is 0.395 e. The maximum Gasteiger partial charge on any atom is 0.238 e. The minimum absolute atomic E-state index is 0.00134. The number of aliphatic hydroxyl groups excluding tert-OH is 1. The number of rotatable bonds is 9. The molecule has 1 fully saturated rings. The number of likely N-dealkylation sites (tertiary alicyclic amines) is 1. The van der Waals surface area contributed by atoms with Crippen molar-refractivity contribution in [2.24, 2.45) is 0 Å². The first-order valence-corrected chi connectivity index (χ1v) is 13.7. The highest BCUT2D eigenvalue weighted by Crippen LogP contribution is 2.29. The number of aryl methyl sites for hydroxylation is 1. The van der Waals surface area contributed by atoms with Crippen molar-refractivity contribution in [2.75, 3.05) is 30.3 Å². The summed E-state index contributed by atoms with van der Waals surface area (Å²) in [6.07, 6.45) is 2.58. The number of nitrogens with one attached hydrogen (secondary N) is 3. The summed E-state index contributed by atoms with van der Waals surface area (Å²) >= 11 is 1.42. The summed E-state index contributed by atoms with van der Waals surface area (Å²) in [5.74, 6) is 1.21. The van der Waals surface area contributed by atoms with E-state index < -0.39 is 0 Å². The smallest absolute Gasteiger partial charge is 0.238 e. The number of aromatic nitrogens is 5. The normalized spacial score (nSPS) is 18.1. The number of carbonyl (C=O) groups excluding carboxylic acids is 1. The summed E-state index contributed by atoms with van der Waals surface area (Å²) in [6, 6.07) is 13.2. The lowest BCUT2D eigenvalue weighted by Crippen LogP contribution is -2.39. The van der Waals surface area contributed by atoms with E-state index in [0.29, 0.717) is 35.4 Å². The van der Waals surface area contributed by atoms with Gasteiger partial charge in [-0.3, -0.25) is 14.8 Å². The Hall–Kier alpha value is -3.45. The second-order valence-electron chi connectivity index (χ2n) is 10.7. The van der Waals surface area contributed by atoms with Crippen LogP contribution in [-0.4, -0.2) is 78.2 Å². The first-order chi connectivity index (χ1) is 18.6. The molecule has 39 heavy (non-hydrogen) atoms. The van der Waals surface area contributed by atoms with Crippen molar-refractivity contribution in [1.82, 2.24) is 29.7 Å². The number of carbonyl (C=O) groups is 1. The quantitative estimate of drug-likeness (QED) is 0.245. The topological polar surface area (TPSA) is 133 Å². The molecular weight excluding hydrogens is 516 g/mol. The Morgan fingerprint density at radius 1 is 1.26 bits per heavy atom. The number of fused-ring (bicyclic) bond motifs is 1. The van der Waals surface area contributed by atoms with Crippen LogP contribution in [0.15, 0.2) is 58.7 Å². The summed E-state index contributed by atoms with van der Waals surface area (Å²) in [5, 5.41) is 28.3. The van der Waals surface area contributed by atoms with Gasteiger partial charge in [-0.2, -0.15) is 5.10 Å². The number of benzene rings is 1. The van der Waals surface area contributed by atoms with E-state index in [-0.39, 0.29) is 36.8 Å². The molecule has 0 saturated carbocycles. The van der Waals surface area contributed by atoms with Crippen LogP contribution in [0, 0.1) is 6.92 Å². The number of H-pyrrole nitrogens is 1. The van der Waals surface area contributed by atoms with Gasteiger partial charge in [0.1, 0.15) is 5.52 Å². The number of nitrogens with zero attached hydrogens (tertiary/aromatic N) is 5. The molecule has 0 radical (unpaired) electrons. The van der Waals surface area contributed by atoms with Gasteiger partial charge in [-0.1, -0.05) is 0 Å². The van der Waals surface area contributed by atoms with Crippen LogP contribution in [-0.2, 0) is 9.53 Å². The third-order valence-corrected chi connectivity index (χ3v) is 7.10. The predicted molar refractivity (Wildman–Crippen MR) is 150 cm³/mol. The number of hydrogen-bond donors (Lipinski definition) is 4. The second-order valence-corrected chi connectivity index (χ2v) is 11.7. The zero-order chi connectivity index (χ0) is 27.6. The highest BCUT2D eigenvalue weighted by molar-refractivity contribution is 7.99. The monoisotopic (exact) mass is 550 g/mol. The standard InChI is InChI=1S/C27H34N8O3S/c1-17-12-23(32-31-17)29-25-22-6-5-11-35(22)33-26(30-25)39-21-9-7-18(8-10-21)28-24(37)15-34-14-20(13-19(34)16-36)38-27(2,3)4/h5-12,19-20,36H,13-16H2,1-4H3,(H,28,37)(H2,29,30,31,32,33)/t19-,20-/m1/s1. The molecule has 206 valence electrons. The van der Waals surface area contributed by atoms with Crippen molar-refractivity contribution in [3.05, 3.63) is 54.4 Å². The molecule has 12 heteroatoms. The molecule has 1 aliphatic heterocycles. The maximum absolute atomic E-state index is 12.8. The average molecular weight is 551 g/mol. The molecule has 1 saturated heterocycles. The predicted octanol–water partition coefficient (Wildman–Crippen LogP) is 3.84. The van der Waals surface area contributed by atoms with Crippen LogP contribution in [0.1, 0.15) is 32.9 Å². The van der Waals surface area contributed by atoms with Gasteiger partial charge >= 0.3 is 0 Å². The van der Waals surface area contributed by atoms with E-state index in [1.54, 1.807) is 4.52 Å². The number of amides is 1. The molecule has 1 aliphatic rings. The number of aliphatic hydroxyl groups is 1. The van der Waals surface area contributed by atoms with Crippen molar-refractivity contribution in [2.45, 2.75) is 61.9 Å². The molecule has 3 aromatic heterocycles. The fourth-order valence-corrected chi connectivity index (χ4v) is 5.41. The Bertz CT molecular complexity index is 1430. The number of anilines is 3. The van der Waals surface area contributed by atoms with E-state index in [9.17, 15) is 9.90 Å². The molecule has 2 atom stereocenters. The van der Waals surface area contributed by atoms with Crippen molar-refractivity contribution in [3.63, 3.8) is 0 Å². The third kappa shape index (κ3) is 6.95. The van der Waals surface area contributed by atoms with Gasteiger partial charge in [-0.15, -0.1) is 5.10 Å². The Balaban J connectivity index is 1.20. The molecule has 4 heterocycles. The van der Waals surface area contributed by atoms with Crippen molar-refractivity contribution in [1.29, 1.82) is 0 Å². The average Bonchev–Trinajstić information content (AvgIpc) is 3.59. The fraction of sp³-hybridized carbons (Fsp3) is 0.407. The number of ether oxygens (including phenoxy) is 1. The number of hydrogen-bond acceptors (Lipinski definition) is 9. The molecule has 0 unspecified atom stereocenters. The van der Waals surface area contributed by atoms with Crippen molar-refractivity contribution in [3.8, 4) is 0 Å². The van der Waals surface area contributed by atoms with Gasteiger partial charge in [0.2, 0.25) is 11.1 Å². The van der Waals surface area contributed by atoms with Gasteiger partial charge in [0.15, 0.2) is 11.6 Å². The Kier molecular flexibility index (Phi) is 7.89. The lowest BCUT2D eigenvalue weighted by atomic mass is 10.1. The maximum atomic E-state index is 12.8. The number of aromatic amines is 1. The highest BCUT2D eigenvalue weighted by Gasteiger charge is 2.35. The Morgan fingerprint density at radius 3 is 2.74 bits per heavy atom. The first-order valence-electron chi connectivity index (χ1n) is 12.9. The van der Waals surface area contributed by atoms with Crippen LogP contribution in [0.4, 0.5) is 17.3 Å². The van der Waals surface area contributed by atoms with Gasteiger partial charge in [-0.05, 0) is 82.3 Å². The lowest BCUT2D eigenvalue weighted by molar-refractivity contribution is -0.117. The zero-order valence-corrected chi connectivity index (χ0v) is 23.3. The van der Waals surface area contributed by atoms with E-state index in [2.05, 4.69) is 25.9 Å². The van der Waals surface area contributed by atoms with Gasteiger partial charge in [-0.25, -0.2) is 9.50 Å². The summed E-state index contributed by atoms with van der Waals surface area (Å²) in [5.41, 5.74) is 2.23. The molecule has 0 bridgehead atoms. The minimum Gasteiger partial charge on any atom is -0.395 e. The van der Waals surface area contributed by atoms with Crippen molar-refractivity contribution < 1.29 is 14.6 Å². The van der Waals surface area contributed by atoms with Gasteiger partial charge < -0.3 is 20.5 Å². The third-order valence-electron chi connectivity index (χ3n) is 6.24. The molecule has 1 aromatic carbocycles. The fourth-order valence-electron chi connectivity index (χ4n) is 4.66. The Morgan fingerprint density at radius 2 is 2.05 bits per heavy atom.